The van der Waals surface area contributed by atoms with Crippen LogP contribution in [0.15, 0.2) is 71.7 Å². The molecule has 0 aliphatic carbocycles. The number of guanidine groups is 1. The number of aromatic nitrogens is 2. The van der Waals surface area contributed by atoms with E-state index < -0.39 is 0 Å². The number of nitrogens with zero attached hydrogens (tertiary/aromatic N) is 4. The third-order valence-corrected chi connectivity index (χ3v) is 5.53. The third kappa shape index (κ3) is 5.19. The largest absolute Gasteiger partial charge is 0.364 e. The molecule has 0 fully saturated rings. The highest BCUT2D eigenvalue weighted by molar-refractivity contribution is 5.79. The van der Waals surface area contributed by atoms with Crippen molar-refractivity contribution >= 4 is 11.6 Å². The summed E-state index contributed by atoms with van der Waals surface area (Å²) in [6.07, 6.45) is 4.42. The lowest BCUT2D eigenvalue weighted by molar-refractivity contribution is 0.783. The zero-order chi connectivity index (χ0) is 22.3. The Hall–Kier alpha value is -3.54. The molecule has 2 N–H and O–H groups in total. The quantitative estimate of drug-likeness (QED) is 0.338. The molecule has 32 heavy (non-hydrogen) atoms. The fraction of sp³-hybridized carbons (Fsp3) is 0.308. The highest BCUT2D eigenvalue weighted by Crippen LogP contribution is 2.19. The fourth-order valence-electron chi connectivity index (χ4n) is 3.97. The molecule has 3 aromatic rings. The third-order valence-electron chi connectivity index (χ3n) is 5.53. The number of rotatable bonds is 7. The van der Waals surface area contributed by atoms with Gasteiger partial charge in [-0.05, 0) is 56.2 Å². The van der Waals surface area contributed by atoms with Crippen LogP contribution in [0.25, 0.3) is 5.69 Å². The molecular weight excluding hydrogens is 396 g/mol. The molecule has 166 valence electrons. The number of anilines is 1. The molecule has 1 aliphatic heterocycles. The Kier molecular flexibility index (Phi) is 6.90. The van der Waals surface area contributed by atoms with Gasteiger partial charge in [-0.15, -0.1) is 0 Å². The summed E-state index contributed by atoms with van der Waals surface area (Å²) in [5, 5.41) is 11.5. The van der Waals surface area contributed by atoms with E-state index in [9.17, 15) is 0 Å². The summed E-state index contributed by atoms with van der Waals surface area (Å²) in [5.74, 6) is 0.809. The van der Waals surface area contributed by atoms with Gasteiger partial charge in [0, 0.05) is 37.6 Å². The molecule has 0 unspecified atom stereocenters. The number of nitrogens with one attached hydrogen (secondary N) is 2. The van der Waals surface area contributed by atoms with Crippen LogP contribution in [0.5, 0.6) is 0 Å². The first-order chi connectivity index (χ1) is 15.6. The summed E-state index contributed by atoms with van der Waals surface area (Å²) in [5.41, 5.74) is 6.87. The van der Waals surface area contributed by atoms with Crippen LogP contribution in [-0.4, -0.2) is 35.4 Å². The molecule has 1 aliphatic rings. The van der Waals surface area contributed by atoms with Crippen molar-refractivity contribution in [3.05, 3.63) is 89.3 Å². The van der Waals surface area contributed by atoms with E-state index in [1.54, 1.807) is 0 Å². The summed E-state index contributed by atoms with van der Waals surface area (Å²) in [6, 6.07) is 19.1. The molecule has 4 rings (SSSR count). The van der Waals surface area contributed by atoms with E-state index in [1.165, 1.54) is 16.8 Å². The molecule has 6 heteroatoms. The van der Waals surface area contributed by atoms with Crippen LogP contribution in [-0.2, 0) is 13.1 Å². The molecule has 0 radical (unpaired) electrons. The predicted octanol–water partition coefficient (Wildman–Crippen LogP) is 4.12. The second-order valence-corrected chi connectivity index (χ2v) is 8.06. The fourth-order valence-corrected chi connectivity index (χ4v) is 3.97. The Morgan fingerprint density at radius 1 is 1.00 bits per heavy atom. The van der Waals surface area contributed by atoms with Crippen molar-refractivity contribution in [2.45, 2.75) is 33.9 Å². The second-order valence-electron chi connectivity index (χ2n) is 8.06. The van der Waals surface area contributed by atoms with Gasteiger partial charge in [0.05, 0.1) is 17.9 Å². The number of para-hydroxylation sites is 1. The van der Waals surface area contributed by atoms with Gasteiger partial charge in [0.2, 0.25) is 0 Å². The van der Waals surface area contributed by atoms with Crippen LogP contribution < -0.4 is 15.5 Å². The normalized spacial score (nSPS) is 13.6. The summed E-state index contributed by atoms with van der Waals surface area (Å²) < 4.78 is 2.01. The van der Waals surface area contributed by atoms with Gasteiger partial charge in [-0.1, -0.05) is 42.5 Å². The van der Waals surface area contributed by atoms with E-state index in [0.29, 0.717) is 13.1 Å². The van der Waals surface area contributed by atoms with Crippen LogP contribution in [0.1, 0.15) is 29.4 Å². The first-order valence-electron chi connectivity index (χ1n) is 11.3. The Morgan fingerprint density at radius 2 is 1.81 bits per heavy atom. The second kappa shape index (κ2) is 10.2. The molecule has 0 spiro atoms. The van der Waals surface area contributed by atoms with E-state index >= 15 is 0 Å². The maximum Gasteiger partial charge on any atom is 0.191 e. The molecule has 0 amide bonds. The van der Waals surface area contributed by atoms with Crippen LogP contribution in [0.3, 0.4) is 0 Å². The minimum atomic E-state index is 0.629. The standard InChI is InChI=1S/C26H32N6/c1-4-27-26(28-18-22-10-9-12-24(17-22)31-14-7-8-15-31)29-19-23-11-5-6-13-25(23)32-21(3)16-20(2)30-32/h5-13,16-17H,4,14-15,18-19H2,1-3H3,(H2,27,28,29). The SMILES string of the molecule is CCNC(=NCc1cccc(N2CC=CC2)c1)NCc1ccccc1-n1nc(C)cc1C. The van der Waals surface area contributed by atoms with E-state index in [2.05, 4.69) is 101 Å². The van der Waals surface area contributed by atoms with Crippen molar-refractivity contribution in [2.75, 3.05) is 24.5 Å². The molecule has 0 saturated heterocycles. The van der Waals surface area contributed by atoms with Crippen LogP contribution in [0, 0.1) is 13.8 Å². The average molecular weight is 429 g/mol. The van der Waals surface area contributed by atoms with E-state index in [-0.39, 0.29) is 0 Å². The van der Waals surface area contributed by atoms with Crippen LogP contribution >= 0.6 is 0 Å². The van der Waals surface area contributed by atoms with Gasteiger partial charge >= 0.3 is 0 Å². The van der Waals surface area contributed by atoms with E-state index in [1.807, 2.05) is 11.6 Å². The molecule has 0 atom stereocenters. The number of hydrogen-bond donors (Lipinski definition) is 2. The Morgan fingerprint density at radius 3 is 2.56 bits per heavy atom. The minimum absolute atomic E-state index is 0.629. The summed E-state index contributed by atoms with van der Waals surface area (Å²) in [6.45, 7) is 10.3. The van der Waals surface area contributed by atoms with Crippen LogP contribution in [0.4, 0.5) is 5.69 Å². The zero-order valence-electron chi connectivity index (χ0n) is 19.2. The average Bonchev–Trinajstić information content (AvgIpc) is 3.46. The lowest BCUT2D eigenvalue weighted by Gasteiger charge is -2.18. The Balaban J connectivity index is 1.46. The van der Waals surface area contributed by atoms with Crippen molar-refractivity contribution in [1.29, 1.82) is 0 Å². The van der Waals surface area contributed by atoms with Crippen molar-refractivity contribution in [3.8, 4) is 5.69 Å². The summed E-state index contributed by atoms with van der Waals surface area (Å²) in [7, 11) is 0. The van der Waals surface area contributed by atoms with Gasteiger partial charge in [0.25, 0.3) is 0 Å². The predicted molar refractivity (Wildman–Crippen MR) is 132 cm³/mol. The maximum atomic E-state index is 4.83. The minimum Gasteiger partial charge on any atom is -0.364 e. The number of aryl methyl sites for hydroxylation is 2. The molecule has 2 aromatic carbocycles. The van der Waals surface area contributed by atoms with Crippen molar-refractivity contribution in [1.82, 2.24) is 20.4 Å². The Labute approximate surface area is 190 Å². The van der Waals surface area contributed by atoms with Gasteiger partial charge in [0.1, 0.15) is 0 Å². The van der Waals surface area contributed by atoms with Crippen molar-refractivity contribution < 1.29 is 0 Å². The highest BCUT2D eigenvalue weighted by Gasteiger charge is 2.10. The molecule has 0 bridgehead atoms. The molecule has 2 heterocycles. The number of hydrogen-bond acceptors (Lipinski definition) is 3. The van der Waals surface area contributed by atoms with Crippen molar-refractivity contribution in [2.24, 2.45) is 4.99 Å². The molecular formula is C26H32N6. The lowest BCUT2D eigenvalue weighted by atomic mass is 10.1. The summed E-state index contributed by atoms with van der Waals surface area (Å²) >= 11 is 0. The maximum absolute atomic E-state index is 4.83. The van der Waals surface area contributed by atoms with Crippen LogP contribution in [0.2, 0.25) is 0 Å². The van der Waals surface area contributed by atoms with E-state index in [0.717, 1.165) is 42.7 Å². The first kappa shape index (κ1) is 21.7. The van der Waals surface area contributed by atoms with Crippen molar-refractivity contribution in [3.63, 3.8) is 0 Å². The first-order valence-corrected chi connectivity index (χ1v) is 11.3. The van der Waals surface area contributed by atoms with Gasteiger partial charge in [-0.25, -0.2) is 9.67 Å². The molecule has 0 saturated carbocycles. The number of benzene rings is 2. The van der Waals surface area contributed by atoms with E-state index in [4.69, 9.17) is 4.99 Å². The number of aliphatic imine (C=N–C) groups is 1. The summed E-state index contributed by atoms with van der Waals surface area (Å²) in [4.78, 5) is 7.18. The molecule has 1 aromatic heterocycles. The van der Waals surface area contributed by atoms with Gasteiger partial charge in [-0.2, -0.15) is 5.10 Å². The Bertz CT molecular complexity index is 1100. The van der Waals surface area contributed by atoms with Gasteiger partial charge in [0.15, 0.2) is 5.96 Å². The van der Waals surface area contributed by atoms with Gasteiger partial charge < -0.3 is 15.5 Å². The smallest absolute Gasteiger partial charge is 0.191 e. The topological polar surface area (TPSA) is 57.5 Å². The van der Waals surface area contributed by atoms with Gasteiger partial charge in [-0.3, -0.25) is 0 Å². The lowest BCUT2D eigenvalue weighted by Crippen LogP contribution is -2.37. The zero-order valence-corrected chi connectivity index (χ0v) is 19.2. The monoisotopic (exact) mass is 428 g/mol. The highest BCUT2D eigenvalue weighted by atomic mass is 15.3. The molecule has 6 nitrogen and oxygen atoms in total.